The van der Waals surface area contributed by atoms with Gasteiger partial charge in [-0.2, -0.15) is 5.10 Å². The van der Waals surface area contributed by atoms with Gasteiger partial charge in [0.1, 0.15) is 11.3 Å². The van der Waals surface area contributed by atoms with Crippen LogP contribution >= 0.6 is 11.3 Å². The van der Waals surface area contributed by atoms with Gasteiger partial charge in [0.15, 0.2) is 5.13 Å². The number of carbonyl (C=O) groups is 1. The molecule has 3 heterocycles. The summed E-state index contributed by atoms with van der Waals surface area (Å²) in [6, 6.07) is 6.07. The maximum atomic E-state index is 12.4. The predicted octanol–water partition coefficient (Wildman–Crippen LogP) is 2.44. The molecular formula is C18H21N5O2S. The molecule has 1 aliphatic heterocycles. The third-order valence-corrected chi connectivity index (χ3v) is 5.67. The van der Waals surface area contributed by atoms with Crippen molar-refractivity contribution in [1.29, 1.82) is 0 Å². The van der Waals surface area contributed by atoms with Crippen LogP contribution in [-0.2, 0) is 7.05 Å². The molecule has 3 aromatic rings. The van der Waals surface area contributed by atoms with E-state index in [1.54, 1.807) is 42.6 Å². The maximum absolute atomic E-state index is 12.4. The number of fused-ring (bicyclic) bond motifs is 1. The summed E-state index contributed by atoms with van der Waals surface area (Å²) in [5.74, 6) is 0.722. The second-order valence-electron chi connectivity index (χ2n) is 6.46. The van der Waals surface area contributed by atoms with Crippen molar-refractivity contribution in [3.63, 3.8) is 0 Å². The van der Waals surface area contributed by atoms with Crippen LogP contribution in [0.3, 0.4) is 0 Å². The second-order valence-corrected chi connectivity index (χ2v) is 7.47. The molecule has 4 rings (SSSR count). The molecule has 136 valence electrons. The van der Waals surface area contributed by atoms with Gasteiger partial charge in [0.05, 0.1) is 23.6 Å². The highest BCUT2D eigenvalue weighted by Crippen LogP contribution is 2.34. The van der Waals surface area contributed by atoms with Gasteiger partial charge in [-0.1, -0.05) is 17.4 Å². The van der Waals surface area contributed by atoms with Gasteiger partial charge in [0.2, 0.25) is 0 Å². The van der Waals surface area contributed by atoms with E-state index in [0.29, 0.717) is 5.56 Å². The van der Waals surface area contributed by atoms with Crippen LogP contribution in [0.4, 0.5) is 5.13 Å². The number of aromatic nitrogens is 3. The van der Waals surface area contributed by atoms with E-state index in [1.165, 1.54) is 0 Å². The molecule has 8 heteroatoms. The van der Waals surface area contributed by atoms with E-state index in [1.807, 2.05) is 12.1 Å². The SMILES string of the molecule is COc1cccc2sc(N3CCCC(NC(=O)c4cnn(C)c4)C3)nc12. The Morgan fingerprint density at radius 1 is 1.42 bits per heavy atom. The normalized spacial score (nSPS) is 17.5. The molecule has 0 bridgehead atoms. The Morgan fingerprint density at radius 3 is 3.08 bits per heavy atom. The van der Waals surface area contributed by atoms with Crippen LogP contribution in [0.25, 0.3) is 10.2 Å². The van der Waals surface area contributed by atoms with Crippen LogP contribution in [0.5, 0.6) is 5.75 Å². The number of ether oxygens (including phenoxy) is 1. The average molecular weight is 371 g/mol. The molecule has 1 aliphatic rings. The van der Waals surface area contributed by atoms with Crippen LogP contribution in [0, 0.1) is 0 Å². The van der Waals surface area contributed by atoms with Crippen molar-refractivity contribution < 1.29 is 9.53 Å². The molecule has 0 radical (unpaired) electrons. The van der Waals surface area contributed by atoms with Crippen molar-refractivity contribution in [3.8, 4) is 5.75 Å². The highest BCUT2D eigenvalue weighted by molar-refractivity contribution is 7.22. The summed E-state index contributed by atoms with van der Waals surface area (Å²) in [4.78, 5) is 19.4. The highest BCUT2D eigenvalue weighted by atomic mass is 32.1. The molecule has 7 nitrogen and oxygen atoms in total. The number of hydrogen-bond acceptors (Lipinski definition) is 6. The molecule has 0 aliphatic carbocycles. The van der Waals surface area contributed by atoms with Gasteiger partial charge < -0.3 is 15.0 Å². The topological polar surface area (TPSA) is 72.3 Å². The molecule has 1 saturated heterocycles. The number of para-hydroxylation sites is 1. The van der Waals surface area contributed by atoms with Crippen LogP contribution in [0.15, 0.2) is 30.6 Å². The second kappa shape index (κ2) is 6.95. The van der Waals surface area contributed by atoms with E-state index in [2.05, 4.69) is 21.4 Å². The quantitative estimate of drug-likeness (QED) is 0.763. The van der Waals surface area contributed by atoms with Crippen LogP contribution in [0.1, 0.15) is 23.2 Å². The molecule has 26 heavy (non-hydrogen) atoms. The van der Waals surface area contributed by atoms with E-state index >= 15 is 0 Å². The minimum atomic E-state index is -0.0732. The Kier molecular flexibility index (Phi) is 4.50. The van der Waals surface area contributed by atoms with E-state index in [4.69, 9.17) is 9.72 Å². The lowest BCUT2D eigenvalue weighted by molar-refractivity contribution is 0.0933. The first-order chi connectivity index (χ1) is 12.6. The lowest BCUT2D eigenvalue weighted by Crippen LogP contribution is -2.47. The number of benzene rings is 1. The Balaban J connectivity index is 1.49. The maximum Gasteiger partial charge on any atom is 0.254 e. The van der Waals surface area contributed by atoms with Gasteiger partial charge >= 0.3 is 0 Å². The molecule has 2 aromatic heterocycles. The summed E-state index contributed by atoms with van der Waals surface area (Å²) < 4.78 is 8.16. The van der Waals surface area contributed by atoms with Gasteiger partial charge in [-0.15, -0.1) is 0 Å². The highest BCUT2D eigenvalue weighted by Gasteiger charge is 2.24. The number of piperidine rings is 1. The first-order valence-electron chi connectivity index (χ1n) is 8.62. The van der Waals surface area contributed by atoms with Crippen LogP contribution in [0.2, 0.25) is 0 Å². The number of nitrogens with zero attached hydrogens (tertiary/aromatic N) is 4. The first kappa shape index (κ1) is 16.8. The summed E-state index contributed by atoms with van der Waals surface area (Å²) in [5, 5.41) is 8.16. The molecule has 1 N–H and O–H groups in total. The Hall–Kier alpha value is -2.61. The first-order valence-corrected chi connectivity index (χ1v) is 9.43. The number of amides is 1. The largest absolute Gasteiger partial charge is 0.494 e. The average Bonchev–Trinajstić information content (AvgIpc) is 3.28. The zero-order valence-electron chi connectivity index (χ0n) is 14.8. The molecule has 1 atom stereocenters. The Labute approximate surface area is 155 Å². The van der Waals surface area contributed by atoms with E-state index < -0.39 is 0 Å². The fourth-order valence-electron chi connectivity index (χ4n) is 3.29. The fourth-order valence-corrected chi connectivity index (χ4v) is 4.31. The zero-order valence-corrected chi connectivity index (χ0v) is 15.6. The third-order valence-electron chi connectivity index (χ3n) is 4.58. The van der Waals surface area contributed by atoms with E-state index in [9.17, 15) is 4.79 Å². The number of nitrogens with one attached hydrogen (secondary N) is 1. The van der Waals surface area contributed by atoms with Crippen molar-refractivity contribution in [2.75, 3.05) is 25.1 Å². The zero-order chi connectivity index (χ0) is 18.1. The summed E-state index contributed by atoms with van der Waals surface area (Å²) >= 11 is 1.66. The lowest BCUT2D eigenvalue weighted by atomic mass is 10.1. The molecule has 0 saturated carbocycles. The third kappa shape index (κ3) is 3.24. The number of anilines is 1. The monoisotopic (exact) mass is 371 g/mol. The molecule has 1 fully saturated rings. The Morgan fingerprint density at radius 2 is 2.31 bits per heavy atom. The molecule has 1 amide bonds. The fraction of sp³-hybridized carbons (Fsp3) is 0.389. The molecule has 0 spiro atoms. The number of aryl methyl sites for hydroxylation is 1. The summed E-state index contributed by atoms with van der Waals surface area (Å²) in [6.07, 6.45) is 5.31. The van der Waals surface area contributed by atoms with Gasteiger partial charge in [0, 0.05) is 32.4 Å². The molecule has 1 aromatic carbocycles. The van der Waals surface area contributed by atoms with Gasteiger partial charge in [-0.3, -0.25) is 9.48 Å². The van der Waals surface area contributed by atoms with Crippen LogP contribution in [-0.4, -0.2) is 46.9 Å². The van der Waals surface area contributed by atoms with Crippen LogP contribution < -0.4 is 15.0 Å². The molecular weight excluding hydrogens is 350 g/mol. The lowest BCUT2D eigenvalue weighted by Gasteiger charge is -2.32. The number of methoxy groups -OCH3 is 1. The minimum absolute atomic E-state index is 0.0732. The van der Waals surface area contributed by atoms with Crippen molar-refractivity contribution in [3.05, 3.63) is 36.2 Å². The number of carbonyl (C=O) groups excluding carboxylic acids is 1. The van der Waals surface area contributed by atoms with E-state index in [0.717, 1.165) is 47.0 Å². The smallest absolute Gasteiger partial charge is 0.254 e. The van der Waals surface area contributed by atoms with E-state index in [-0.39, 0.29) is 11.9 Å². The number of hydrogen-bond donors (Lipinski definition) is 1. The molecule has 1 unspecified atom stereocenters. The summed E-state index contributed by atoms with van der Waals surface area (Å²) in [7, 11) is 3.47. The van der Waals surface area contributed by atoms with Gasteiger partial charge in [-0.25, -0.2) is 4.98 Å². The van der Waals surface area contributed by atoms with Crippen molar-refractivity contribution >= 4 is 32.6 Å². The Bertz CT molecular complexity index is 935. The van der Waals surface area contributed by atoms with Gasteiger partial charge in [0.25, 0.3) is 5.91 Å². The minimum Gasteiger partial charge on any atom is -0.494 e. The van der Waals surface area contributed by atoms with Crippen molar-refractivity contribution in [2.24, 2.45) is 7.05 Å². The standard InChI is InChI=1S/C18H21N5O2S/c1-22-10-12(9-19-22)17(24)20-13-5-4-8-23(11-13)18-21-16-14(25-2)6-3-7-15(16)26-18/h3,6-7,9-10,13H,4-5,8,11H2,1-2H3,(H,20,24). The summed E-state index contributed by atoms with van der Waals surface area (Å²) in [6.45, 7) is 1.70. The predicted molar refractivity (Wildman–Crippen MR) is 102 cm³/mol. The van der Waals surface area contributed by atoms with Gasteiger partial charge in [-0.05, 0) is 25.0 Å². The number of thiazole rings is 1. The number of rotatable bonds is 4. The van der Waals surface area contributed by atoms with Crippen molar-refractivity contribution in [1.82, 2.24) is 20.1 Å². The summed E-state index contributed by atoms with van der Waals surface area (Å²) in [5.41, 5.74) is 1.49. The van der Waals surface area contributed by atoms with Crippen molar-refractivity contribution in [2.45, 2.75) is 18.9 Å².